The minimum absolute atomic E-state index is 0.148. The van der Waals surface area contributed by atoms with Gasteiger partial charge in [-0.2, -0.15) is 0 Å². The summed E-state index contributed by atoms with van der Waals surface area (Å²) in [6.45, 7) is 5.80. The first-order valence-electron chi connectivity index (χ1n) is 4.19. The quantitative estimate of drug-likeness (QED) is 0.543. The van der Waals surface area contributed by atoms with Gasteiger partial charge in [-0.25, -0.2) is 0 Å². The fourth-order valence-electron chi connectivity index (χ4n) is 1.71. The van der Waals surface area contributed by atoms with Gasteiger partial charge >= 0.3 is 5.97 Å². The maximum atomic E-state index is 10.7. The van der Waals surface area contributed by atoms with E-state index in [-0.39, 0.29) is 17.5 Å². The summed E-state index contributed by atoms with van der Waals surface area (Å²) in [5.41, 5.74) is 0.200. The van der Waals surface area contributed by atoms with Crippen molar-refractivity contribution in [3.63, 3.8) is 0 Å². The van der Waals surface area contributed by atoms with E-state index in [1.165, 1.54) is 19.8 Å². The van der Waals surface area contributed by atoms with Gasteiger partial charge in [0.25, 0.3) is 0 Å². The highest BCUT2D eigenvalue weighted by molar-refractivity contribution is 5.66. The van der Waals surface area contributed by atoms with Crippen LogP contribution in [0.25, 0.3) is 0 Å². The maximum absolute atomic E-state index is 10.7. The Kier molecular flexibility index (Phi) is 2.21. The van der Waals surface area contributed by atoms with Crippen molar-refractivity contribution < 1.29 is 9.53 Å². The SMILES string of the molecule is CC(=O)OC1CCCC1(C)C. The molecule has 1 rings (SSSR count). The first-order valence-corrected chi connectivity index (χ1v) is 4.19. The molecular formula is C9H16O2. The lowest BCUT2D eigenvalue weighted by atomic mass is 9.89. The molecule has 0 aromatic heterocycles. The van der Waals surface area contributed by atoms with Crippen LogP contribution in [0.3, 0.4) is 0 Å². The number of hydrogen-bond acceptors (Lipinski definition) is 2. The van der Waals surface area contributed by atoms with Gasteiger partial charge in [-0.05, 0) is 19.3 Å². The molecule has 0 aliphatic heterocycles. The molecule has 0 radical (unpaired) electrons. The molecule has 1 saturated carbocycles. The van der Waals surface area contributed by atoms with E-state index in [0.29, 0.717) is 0 Å². The molecule has 0 aromatic carbocycles. The third-order valence-electron chi connectivity index (χ3n) is 2.47. The Morgan fingerprint density at radius 3 is 2.55 bits per heavy atom. The second-order valence-electron chi connectivity index (χ2n) is 3.98. The summed E-state index contributed by atoms with van der Waals surface area (Å²) in [4.78, 5) is 10.7. The van der Waals surface area contributed by atoms with E-state index in [9.17, 15) is 4.79 Å². The average molecular weight is 156 g/mol. The average Bonchev–Trinajstić information content (AvgIpc) is 2.10. The van der Waals surface area contributed by atoms with E-state index in [0.717, 1.165) is 6.42 Å². The molecule has 1 unspecified atom stereocenters. The van der Waals surface area contributed by atoms with Crippen LogP contribution in [0.15, 0.2) is 0 Å². The van der Waals surface area contributed by atoms with Gasteiger partial charge in [0.05, 0.1) is 0 Å². The number of esters is 1. The third-order valence-corrected chi connectivity index (χ3v) is 2.47. The van der Waals surface area contributed by atoms with Crippen LogP contribution in [0.2, 0.25) is 0 Å². The Labute approximate surface area is 67.9 Å². The smallest absolute Gasteiger partial charge is 0.302 e. The van der Waals surface area contributed by atoms with Gasteiger partial charge in [-0.3, -0.25) is 4.79 Å². The summed E-state index contributed by atoms with van der Waals surface area (Å²) < 4.78 is 5.19. The summed E-state index contributed by atoms with van der Waals surface area (Å²) in [5.74, 6) is -0.148. The van der Waals surface area contributed by atoms with Crippen LogP contribution in [0, 0.1) is 5.41 Å². The van der Waals surface area contributed by atoms with Crippen molar-refractivity contribution in [2.45, 2.75) is 46.1 Å². The second kappa shape index (κ2) is 2.84. The van der Waals surface area contributed by atoms with Crippen molar-refractivity contribution in [3.8, 4) is 0 Å². The summed E-state index contributed by atoms with van der Waals surface area (Å²) in [6.07, 6.45) is 3.54. The molecule has 1 aliphatic rings. The van der Waals surface area contributed by atoms with Gasteiger partial charge in [-0.15, -0.1) is 0 Å². The van der Waals surface area contributed by atoms with Gasteiger partial charge in [-0.1, -0.05) is 13.8 Å². The lowest BCUT2D eigenvalue weighted by Crippen LogP contribution is -2.27. The molecule has 0 bridgehead atoms. The highest BCUT2D eigenvalue weighted by Crippen LogP contribution is 2.39. The standard InChI is InChI=1S/C9H16O2/c1-7(10)11-8-5-4-6-9(8,2)3/h8H,4-6H2,1-3H3. The molecule has 1 aliphatic carbocycles. The van der Waals surface area contributed by atoms with Crippen molar-refractivity contribution >= 4 is 5.97 Å². The van der Waals surface area contributed by atoms with E-state index < -0.39 is 0 Å². The van der Waals surface area contributed by atoms with Crippen LogP contribution < -0.4 is 0 Å². The Morgan fingerprint density at radius 1 is 1.55 bits per heavy atom. The largest absolute Gasteiger partial charge is 0.462 e. The monoisotopic (exact) mass is 156 g/mol. The number of carbonyl (C=O) groups excluding carboxylic acids is 1. The molecule has 1 atom stereocenters. The highest BCUT2D eigenvalue weighted by atomic mass is 16.5. The van der Waals surface area contributed by atoms with Crippen molar-refractivity contribution in [3.05, 3.63) is 0 Å². The molecule has 11 heavy (non-hydrogen) atoms. The maximum Gasteiger partial charge on any atom is 0.302 e. The minimum atomic E-state index is -0.148. The Hall–Kier alpha value is -0.530. The molecule has 0 N–H and O–H groups in total. The first kappa shape index (κ1) is 8.57. The van der Waals surface area contributed by atoms with Gasteiger partial charge in [0, 0.05) is 12.3 Å². The molecule has 0 amide bonds. The van der Waals surface area contributed by atoms with Crippen LogP contribution in [0.5, 0.6) is 0 Å². The van der Waals surface area contributed by atoms with Crippen LogP contribution in [0.1, 0.15) is 40.0 Å². The second-order valence-corrected chi connectivity index (χ2v) is 3.98. The number of rotatable bonds is 1. The number of hydrogen-bond donors (Lipinski definition) is 0. The van der Waals surface area contributed by atoms with E-state index in [1.807, 2.05) is 0 Å². The summed E-state index contributed by atoms with van der Waals surface area (Å²) in [7, 11) is 0. The fraction of sp³-hybridized carbons (Fsp3) is 0.889. The van der Waals surface area contributed by atoms with Crippen LogP contribution in [-0.2, 0) is 9.53 Å². The molecule has 0 spiro atoms. The Balaban J connectivity index is 2.51. The fourth-order valence-corrected chi connectivity index (χ4v) is 1.71. The predicted octanol–water partition coefficient (Wildman–Crippen LogP) is 2.13. The van der Waals surface area contributed by atoms with Crippen LogP contribution >= 0.6 is 0 Å². The molecule has 2 nitrogen and oxygen atoms in total. The van der Waals surface area contributed by atoms with Crippen LogP contribution in [0.4, 0.5) is 0 Å². The zero-order valence-electron chi connectivity index (χ0n) is 7.52. The molecule has 1 fully saturated rings. The molecule has 64 valence electrons. The Bertz CT molecular complexity index is 161. The lowest BCUT2D eigenvalue weighted by Gasteiger charge is -2.25. The third kappa shape index (κ3) is 1.95. The zero-order valence-corrected chi connectivity index (χ0v) is 7.52. The Morgan fingerprint density at radius 2 is 2.18 bits per heavy atom. The molecular weight excluding hydrogens is 140 g/mol. The van der Waals surface area contributed by atoms with E-state index >= 15 is 0 Å². The van der Waals surface area contributed by atoms with Crippen molar-refractivity contribution in [2.75, 3.05) is 0 Å². The van der Waals surface area contributed by atoms with Crippen molar-refractivity contribution in [1.29, 1.82) is 0 Å². The predicted molar refractivity (Wildman–Crippen MR) is 43.2 cm³/mol. The van der Waals surface area contributed by atoms with E-state index in [4.69, 9.17) is 4.74 Å². The van der Waals surface area contributed by atoms with Crippen molar-refractivity contribution in [2.24, 2.45) is 5.41 Å². The summed E-state index contributed by atoms with van der Waals surface area (Å²) in [5, 5.41) is 0. The normalized spacial score (nSPS) is 28.5. The highest BCUT2D eigenvalue weighted by Gasteiger charge is 2.36. The minimum Gasteiger partial charge on any atom is -0.462 e. The topological polar surface area (TPSA) is 26.3 Å². The molecule has 2 heteroatoms. The van der Waals surface area contributed by atoms with Crippen LogP contribution in [-0.4, -0.2) is 12.1 Å². The number of ether oxygens (including phenoxy) is 1. The lowest BCUT2D eigenvalue weighted by molar-refractivity contribution is -0.150. The number of carbonyl (C=O) groups is 1. The van der Waals surface area contributed by atoms with Gasteiger partial charge in [0.2, 0.25) is 0 Å². The molecule has 0 heterocycles. The van der Waals surface area contributed by atoms with Gasteiger partial charge < -0.3 is 4.74 Å². The summed E-state index contributed by atoms with van der Waals surface area (Å²) in [6, 6.07) is 0. The zero-order chi connectivity index (χ0) is 8.48. The van der Waals surface area contributed by atoms with E-state index in [1.54, 1.807) is 0 Å². The first-order chi connectivity index (χ1) is 5.02. The van der Waals surface area contributed by atoms with Gasteiger partial charge in [0.1, 0.15) is 6.10 Å². The molecule has 0 aromatic rings. The van der Waals surface area contributed by atoms with Gasteiger partial charge in [0.15, 0.2) is 0 Å². The van der Waals surface area contributed by atoms with E-state index in [2.05, 4.69) is 13.8 Å². The molecule has 0 saturated heterocycles. The van der Waals surface area contributed by atoms with Crippen molar-refractivity contribution in [1.82, 2.24) is 0 Å². The summed E-state index contributed by atoms with van der Waals surface area (Å²) >= 11 is 0.